The predicted molar refractivity (Wildman–Crippen MR) is 88.2 cm³/mol. The zero-order chi connectivity index (χ0) is 15.1. The molecular weight excluding hydrogens is 299 g/mol. The van der Waals surface area contributed by atoms with Gasteiger partial charge in [-0.2, -0.15) is 0 Å². The lowest BCUT2D eigenvalue weighted by molar-refractivity contribution is 0.492. The molecule has 1 saturated heterocycles. The number of hydrogen-bond donors (Lipinski definition) is 0. The van der Waals surface area contributed by atoms with Gasteiger partial charge in [-0.3, -0.25) is 0 Å². The Balaban J connectivity index is 1.49. The van der Waals surface area contributed by atoms with E-state index in [1.807, 2.05) is 24.4 Å². The first kappa shape index (κ1) is 13.5. The second kappa shape index (κ2) is 5.21. The van der Waals surface area contributed by atoms with Gasteiger partial charge in [0.1, 0.15) is 11.6 Å². The van der Waals surface area contributed by atoms with Crippen molar-refractivity contribution in [2.24, 2.45) is 0 Å². The number of fused-ring (bicyclic) bond motifs is 1. The maximum atomic E-state index is 13.3. The van der Waals surface area contributed by atoms with Crippen LogP contribution in [-0.2, 0) is 0 Å². The molecular formula is C16H15FN4S. The molecule has 4 nitrogen and oxygen atoms in total. The van der Waals surface area contributed by atoms with E-state index in [1.54, 1.807) is 12.1 Å². The third-order valence-corrected chi connectivity index (χ3v) is 5.13. The van der Waals surface area contributed by atoms with Crippen molar-refractivity contribution in [2.45, 2.75) is 6.04 Å². The van der Waals surface area contributed by atoms with Gasteiger partial charge < -0.3 is 9.80 Å². The third-order valence-electron chi connectivity index (χ3n) is 4.02. The fraction of sp³-hybridized carbons (Fsp3) is 0.250. The molecule has 0 bridgehead atoms. The van der Waals surface area contributed by atoms with Crippen molar-refractivity contribution in [1.82, 2.24) is 9.97 Å². The Morgan fingerprint density at radius 3 is 2.91 bits per heavy atom. The van der Waals surface area contributed by atoms with Gasteiger partial charge in [0.2, 0.25) is 0 Å². The fourth-order valence-corrected chi connectivity index (χ4v) is 3.64. The summed E-state index contributed by atoms with van der Waals surface area (Å²) in [6.07, 6.45) is 1.81. The number of nitrogens with zero attached hydrogens (tertiary/aromatic N) is 4. The maximum absolute atomic E-state index is 13.3. The summed E-state index contributed by atoms with van der Waals surface area (Å²) in [6.45, 7) is 1.86. The summed E-state index contributed by atoms with van der Waals surface area (Å²) in [7, 11) is 2.05. The van der Waals surface area contributed by atoms with Crippen molar-refractivity contribution < 1.29 is 4.39 Å². The van der Waals surface area contributed by atoms with Crippen LogP contribution in [0.2, 0.25) is 0 Å². The Morgan fingerprint density at radius 2 is 2.14 bits per heavy atom. The first-order valence-corrected chi connectivity index (χ1v) is 7.97. The standard InChI is InChI=1S/C16H15FN4S/c1-20(12-9-21(10-12)15-4-2-3-7-18-15)16-19-13-6-5-11(17)8-14(13)22-16/h2-8,12H,9-10H2,1H3. The number of pyridine rings is 1. The van der Waals surface area contributed by atoms with Crippen LogP contribution in [0.25, 0.3) is 10.2 Å². The lowest BCUT2D eigenvalue weighted by Gasteiger charge is -2.44. The van der Waals surface area contributed by atoms with Crippen LogP contribution < -0.4 is 9.80 Å². The van der Waals surface area contributed by atoms with Crippen molar-refractivity contribution in [3.05, 3.63) is 48.4 Å². The number of hydrogen-bond acceptors (Lipinski definition) is 5. The van der Waals surface area contributed by atoms with Crippen LogP contribution in [0.5, 0.6) is 0 Å². The normalized spacial score (nSPS) is 15.1. The molecule has 0 spiro atoms. The maximum Gasteiger partial charge on any atom is 0.186 e. The molecule has 0 unspecified atom stereocenters. The quantitative estimate of drug-likeness (QED) is 0.743. The van der Waals surface area contributed by atoms with Crippen LogP contribution in [-0.4, -0.2) is 36.1 Å². The van der Waals surface area contributed by atoms with E-state index in [-0.39, 0.29) is 5.82 Å². The Kier molecular flexibility index (Phi) is 3.18. The molecule has 6 heteroatoms. The molecule has 0 aliphatic carbocycles. The molecule has 0 N–H and O–H groups in total. The van der Waals surface area contributed by atoms with Crippen molar-refractivity contribution >= 4 is 32.5 Å². The molecule has 4 rings (SSSR count). The van der Waals surface area contributed by atoms with E-state index in [4.69, 9.17) is 0 Å². The van der Waals surface area contributed by atoms with Gasteiger partial charge in [0.15, 0.2) is 5.13 Å². The molecule has 112 valence electrons. The molecule has 3 aromatic rings. The minimum atomic E-state index is -0.213. The van der Waals surface area contributed by atoms with E-state index in [0.717, 1.165) is 34.3 Å². The van der Waals surface area contributed by atoms with Gasteiger partial charge in [0, 0.05) is 26.3 Å². The van der Waals surface area contributed by atoms with E-state index in [1.165, 1.54) is 17.4 Å². The highest BCUT2D eigenvalue weighted by Gasteiger charge is 2.32. The van der Waals surface area contributed by atoms with Crippen molar-refractivity contribution in [1.29, 1.82) is 0 Å². The van der Waals surface area contributed by atoms with Crippen LogP contribution in [0.15, 0.2) is 42.6 Å². The number of aromatic nitrogens is 2. The highest BCUT2D eigenvalue weighted by Crippen LogP contribution is 2.32. The molecule has 1 aliphatic heterocycles. The monoisotopic (exact) mass is 314 g/mol. The van der Waals surface area contributed by atoms with Crippen molar-refractivity contribution in [3.63, 3.8) is 0 Å². The second-order valence-electron chi connectivity index (χ2n) is 5.47. The Labute approximate surface area is 131 Å². The molecule has 0 amide bonds. The van der Waals surface area contributed by atoms with Crippen LogP contribution in [0.1, 0.15) is 0 Å². The minimum absolute atomic E-state index is 0.213. The van der Waals surface area contributed by atoms with E-state index >= 15 is 0 Å². The topological polar surface area (TPSA) is 32.3 Å². The number of rotatable bonds is 3. The summed E-state index contributed by atoms with van der Waals surface area (Å²) in [4.78, 5) is 13.4. The lowest BCUT2D eigenvalue weighted by atomic mass is 10.1. The number of benzene rings is 1. The molecule has 0 atom stereocenters. The Morgan fingerprint density at radius 1 is 1.27 bits per heavy atom. The number of anilines is 2. The van der Waals surface area contributed by atoms with E-state index < -0.39 is 0 Å². The zero-order valence-corrected chi connectivity index (χ0v) is 12.9. The summed E-state index contributed by atoms with van der Waals surface area (Å²) in [5.41, 5.74) is 0.856. The van der Waals surface area contributed by atoms with E-state index in [0.29, 0.717) is 6.04 Å². The smallest absolute Gasteiger partial charge is 0.186 e. The molecule has 2 aromatic heterocycles. The van der Waals surface area contributed by atoms with Crippen molar-refractivity contribution in [2.75, 3.05) is 29.9 Å². The van der Waals surface area contributed by atoms with E-state index in [9.17, 15) is 4.39 Å². The van der Waals surface area contributed by atoms with Crippen LogP contribution in [0.3, 0.4) is 0 Å². The average molecular weight is 314 g/mol. The van der Waals surface area contributed by atoms with Gasteiger partial charge in [0.05, 0.1) is 16.3 Å². The largest absolute Gasteiger partial charge is 0.352 e. The first-order chi connectivity index (χ1) is 10.7. The van der Waals surface area contributed by atoms with Gasteiger partial charge in [-0.25, -0.2) is 14.4 Å². The van der Waals surface area contributed by atoms with Crippen LogP contribution in [0.4, 0.5) is 15.3 Å². The van der Waals surface area contributed by atoms with Gasteiger partial charge in [-0.05, 0) is 30.3 Å². The van der Waals surface area contributed by atoms with Gasteiger partial charge >= 0.3 is 0 Å². The molecule has 1 fully saturated rings. The summed E-state index contributed by atoms with van der Waals surface area (Å²) in [6, 6.07) is 11.1. The molecule has 1 aromatic carbocycles. The second-order valence-corrected chi connectivity index (χ2v) is 6.48. The molecule has 3 heterocycles. The predicted octanol–water partition coefficient (Wildman–Crippen LogP) is 3.16. The molecule has 0 saturated carbocycles. The number of halogens is 1. The molecule has 0 radical (unpaired) electrons. The van der Waals surface area contributed by atoms with Crippen LogP contribution >= 0.6 is 11.3 Å². The highest BCUT2D eigenvalue weighted by molar-refractivity contribution is 7.22. The highest BCUT2D eigenvalue weighted by atomic mass is 32.1. The SMILES string of the molecule is CN(c1nc2ccc(F)cc2s1)C1CN(c2ccccn2)C1. The minimum Gasteiger partial charge on any atom is -0.352 e. The van der Waals surface area contributed by atoms with Crippen molar-refractivity contribution in [3.8, 4) is 0 Å². The molecule has 1 aliphatic rings. The lowest BCUT2D eigenvalue weighted by Crippen LogP contribution is -2.59. The summed E-state index contributed by atoms with van der Waals surface area (Å²) in [5, 5.41) is 0.936. The van der Waals surface area contributed by atoms with E-state index in [2.05, 4.69) is 26.8 Å². The molecule has 22 heavy (non-hydrogen) atoms. The Hall–Kier alpha value is -2.21. The summed E-state index contributed by atoms with van der Waals surface area (Å²) < 4.78 is 14.2. The zero-order valence-electron chi connectivity index (χ0n) is 12.1. The summed E-state index contributed by atoms with van der Waals surface area (Å²) >= 11 is 1.53. The van der Waals surface area contributed by atoms with Crippen LogP contribution in [0, 0.1) is 5.82 Å². The third kappa shape index (κ3) is 2.29. The fourth-order valence-electron chi connectivity index (χ4n) is 2.62. The first-order valence-electron chi connectivity index (χ1n) is 7.15. The average Bonchev–Trinajstić information content (AvgIpc) is 2.89. The number of thiazole rings is 1. The van der Waals surface area contributed by atoms with Gasteiger partial charge in [-0.1, -0.05) is 17.4 Å². The Bertz CT molecular complexity index is 798. The van der Waals surface area contributed by atoms with Gasteiger partial charge in [0.25, 0.3) is 0 Å². The number of likely N-dealkylation sites (N-methyl/N-ethyl adjacent to an activating group) is 1. The van der Waals surface area contributed by atoms with Gasteiger partial charge in [-0.15, -0.1) is 0 Å². The summed E-state index contributed by atoms with van der Waals surface area (Å²) in [5.74, 6) is 0.800.